The van der Waals surface area contributed by atoms with Gasteiger partial charge in [0.1, 0.15) is 0 Å². The van der Waals surface area contributed by atoms with E-state index < -0.39 is 5.97 Å². The van der Waals surface area contributed by atoms with Crippen molar-refractivity contribution in [1.82, 2.24) is 15.1 Å². The van der Waals surface area contributed by atoms with Gasteiger partial charge in [-0.05, 0) is 39.2 Å². The smallest absolute Gasteiger partial charge is 0.306 e. The van der Waals surface area contributed by atoms with E-state index in [0.29, 0.717) is 6.04 Å². The van der Waals surface area contributed by atoms with Gasteiger partial charge in [0.25, 0.3) is 0 Å². The monoisotopic (exact) mass is 265 g/mol. The first-order chi connectivity index (χ1) is 9.08. The molecular formula is C14H23N3O2. The van der Waals surface area contributed by atoms with Gasteiger partial charge >= 0.3 is 5.97 Å². The topological polar surface area (TPSA) is 67.2 Å². The Morgan fingerprint density at radius 1 is 1.58 bits per heavy atom. The summed E-state index contributed by atoms with van der Waals surface area (Å²) in [7, 11) is 0. The quantitative estimate of drug-likeness (QED) is 0.826. The molecule has 0 aliphatic heterocycles. The molecule has 2 N–H and O–H groups in total. The SMILES string of the molecule is CC(C)n1cc(CNCC2CCCC2C(=O)O)cn1. The number of aliphatic carboxylic acids is 1. The number of carboxylic acids is 1. The third-order valence-corrected chi connectivity index (χ3v) is 3.90. The Bertz CT molecular complexity index is 428. The minimum absolute atomic E-state index is 0.161. The number of carboxylic acid groups (broad SMARTS) is 1. The summed E-state index contributed by atoms with van der Waals surface area (Å²) < 4.78 is 1.94. The fourth-order valence-corrected chi connectivity index (χ4v) is 2.76. The van der Waals surface area contributed by atoms with Crippen LogP contribution >= 0.6 is 0 Å². The summed E-state index contributed by atoms with van der Waals surface area (Å²) in [4.78, 5) is 11.1. The highest BCUT2D eigenvalue weighted by Gasteiger charge is 2.32. The van der Waals surface area contributed by atoms with Crippen LogP contribution in [0.4, 0.5) is 0 Å². The molecule has 1 aliphatic carbocycles. The van der Waals surface area contributed by atoms with Gasteiger partial charge in [-0.25, -0.2) is 0 Å². The lowest BCUT2D eigenvalue weighted by molar-refractivity contribution is -0.142. The van der Waals surface area contributed by atoms with E-state index >= 15 is 0 Å². The molecule has 2 rings (SSSR count). The Kier molecular flexibility index (Phi) is 4.58. The minimum atomic E-state index is -0.642. The van der Waals surface area contributed by atoms with Gasteiger partial charge in [0.2, 0.25) is 0 Å². The first-order valence-corrected chi connectivity index (χ1v) is 7.04. The molecule has 0 spiro atoms. The van der Waals surface area contributed by atoms with E-state index in [-0.39, 0.29) is 11.8 Å². The molecule has 1 saturated carbocycles. The molecule has 0 bridgehead atoms. The summed E-state index contributed by atoms with van der Waals surface area (Å²) >= 11 is 0. The van der Waals surface area contributed by atoms with Crippen LogP contribution in [0.3, 0.4) is 0 Å². The lowest BCUT2D eigenvalue weighted by Gasteiger charge is -2.15. The Hall–Kier alpha value is -1.36. The summed E-state index contributed by atoms with van der Waals surface area (Å²) in [6.45, 7) is 5.74. The van der Waals surface area contributed by atoms with Gasteiger partial charge in [-0.1, -0.05) is 6.42 Å². The maximum Gasteiger partial charge on any atom is 0.306 e. The Labute approximate surface area is 114 Å². The van der Waals surface area contributed by atoms with Crippen LogP contribution in [0.5, 0.6) is 0 Å². The molecule has 0 saturated heterocycles. The van der Waals surface area contributed by atoms with E-state index in [0.717, 1.165) is 37.9 Å². The number of carbonyl (C=O) groups is 1. The third kappa shape index (κ3) is 3.56. The first-order valence-electron chi connectivity index (χ1n) is 7.04. The summed E-state index contributed by atoms with van der Waals surface area (Å²) in [6.07, 6.45) is 6.80. The van der Waals surface area contributed by atoms with Crippen molar-refractivity contribution in [2.45, 2.75) is 45.7 Å². The van der Waals surface area contributed by atoms with Crippen molar-refractivity contribution in [3.63, 3.8) is 0 Å². The molecule has 1 aliphatic rings. The molecule has 106 valence electrons. The van der Waals surface area contributed by atoms with Crippen molar-refractivity contribution in [3.8, 4) is 0 Å². The summed E-state index contributed by atoms with van der Waals surface area (Å²) in [5, 5.41) is 16.8. The second kappa shape index (κ2) is 6.19. The van der Waals surface area contributed by atoms with E-state index in [1.54, 1.807) is 0 Å². The second-order valence-electron chi connectivity index (χ2n) is 5.69. The Morgan fingerprint density at radius 3 is 3.00 bits per heavy atom. The highest BCUT2D eigenvalue weighted by Crippen LogP contribution is 2.31. The molecule has 1 aromatic rings. The summed E-state index contributed by atoms with van der Waals surface area (Å²) in [5.74, 6) is -0.527. The van der Waals surface area contributed by atoms with E-state index in [9.17, 15) is 4.79 Å². The Balaban J connectivity index is 1.78. The highest BCUT2D eigenvalue weighted by atomic mass is 16.4. The largest absolute Gasteiger partial charge is 0.481 e. The van der Waals surface area contributed by atoms with Crippen LogP contribution in [-0.4, -0.2) is 27.4 Å². The van der Waals surface area contributed by atoms with Crippen LogP contribution in [0.15, 0.2) is 12.4 Å². The van der Waals surface area contributed by atoms with Gasteiger partial charge < -0.3 is 10.4 Å². The molecule has 0 aromatic carbocycles. The molecule has 0 amide bonds. The molecule has 2 atom stereocenters. The number of nitrogens with zero attached hydrogens (tertiary/aromatic N) is 2. The normalized spacial score (nSPS) is 23.1. The van der Waals surface area contributed by atoms with E-state index in [1.807, 2.05) is 17.1 Å². The number of hydrogen-bond acceptors (Lipinski definition) is 3. The fourth-order valence-electron chi connectivity index (χ4n) is 2.76. The lowest BCUT2D eigenvalue weighted by atomic mass is 9.96. The molecular weight excluding hydrogens is 242 g/mol. The van der Waals surface area contributed by atoms with Gasteiger partial charge in [0, 0.05) is 24.3 Å². The van der Waals surface area contributed by atoms with Crippen molar-refractivity contribution in [2.75, 3.05) is 6.54 Å². The molecule has 2 unspecified atom stereocenters. The van der Waals surface area contributed by atoms with Crippen LogP contribution in [0, 0.1) is 11.8 Å². The summed E-state index contributed by atoms with van der Waals surface area (Å²) in [6, 6.07) is 0.375. The average Bonchev–Trinajstić information content (AvgIpc) is 2.97. The minimum Gasteiger partial charge on any atom is -0.481 e. The third-order valence-electron chi connectivity index (χ3n) is 3.90. The van der Waals surface area contributed by atoms with Crippen molar-refractivity contribution < 1.29 is 9.90 Å². The molecule has 5 nitrogen and oxygen atoms in total. The molecule has 19 heavy (non-hydrogen) atoms. The van der Waals surface area contributed by atoms with Crippen molar-refractivity contribution in [3.05, 3.63) is 18.0 Å². The summed E-state index contributed by atoms with van der Waals surface area (Å²) in [5.41, 5.74) is 1.15. The average molecular weight is 265 g/mol. The first kappa shape index (κ1) is 14.1. The van der Waals surface area contributed by atoms with Gasteiger partial charge in [0.15, 0.2) is 0 Å². The molecule has 1 aromatic heterocycles. The predicted molar refractivity (Wildman–Crippen MR) is 72.8 cm³/mol. The zero-order chi connectivity index (χ0) is 13.8. The van der Waals surface area contributed by atoms with Crippen LogP contribution < -0.4 is 5.32 Å². The Morgan fingerprint density at radius 2 is 2.37 bits per heavy atom. The molecule has 0 radical (unpaired) electrons. The van der Waals surface area contributed by atoms with Crippen LogP contribution in [0.25, 0.3) is 0 Å². The van der Waals surface area contributed by atoms with Gasteiger partial charge in [-0.2, -0.15) is 5.10 Å². The molecule has 5 heteroatoms. The number of rotatable bonds is 6. The van der Waals surface area contributed by atoms with E-state index in [2.05, 4.69) is 24.3 Å². The van der Waals surface area contributed by atoms with Gasteiger partial charge in [0.05, 0.1) is 12.1 Å². The maximum atomic E-state index is 11.1. The highest BCUT2D eigenvalue weighted by molar-refractivity contribution is 5.70. The molecule has 1 fully saturated rings. The zero-order valence-electron chi connectivity index (χ0n) is 11.7. The van der Waals surface area contributed by atoms with E-state index in [1.165, 1.54) is 0 Å². The van der Waals surface area contributed by atoms with Gasteiger partial charge in [-0.3, -0.25) is 9.48 Å². The van der Waals surface area contributed by atoms with Crippen LogP contribution in [0.2, 0.25) is 0 Å². The standard InChI is InChI=1S/C14H23N3O2/c1-10(2)17-9-11(7-16-17)6-15-8-12-4-3-5-13(12)14(18)19/h7,9-10,12-13,15H,3-6,8H2,1-2H3,(H,18,19). The zero-order valence-corrected chi connectivity index (χ0v) is 11.7. The maximum absolute atomic E-state index is 11.1. The number of aromatic nitrogens is 2. The van der Waals surface area contributed by atoms with E-state index in [4.69, 9.17) is 5.11 Å². The van der Waals surface area contributed by atoms with Gasteiger partial charge in [-0.15, -0.1) is 0 Å². The van der Waals surface area contributed by atoms with Crippen molar-refractivity contribution in [2.24, 2.45) is 11.8 Å². The molecule has 1 heterocycles. The van der Waals surface area contributed by atoms with Crippen molar-refractivity contribution >= 4 is 5.97 Å². The van der Waals surface area contributed by atoms with Crippen LogP contribution in [-0.2, 0) is 11.3 Å². The number of hydrogen-bond donors (Lipinski definition) is 2. The van der Waals surface area contributed by atoms with Crippen LogP contribution in [0.1, 0.15) is 44.7 Å². The number of nitrogens with one attached hydrogen (secondary N) is 1. The fraction of sp³-hybridized carbons (Fsp3) is 0.714. The lowest BCUT2D eigenvalue weighted by Crippen LogP contribution is -2.28. The second-order valence-corrected chi connectivity index (χ2v) is 5.69. The van der Waals surface area contributed by atoms with Crippen molar-refractivity contribution in [1.29, 1.82) is 0 Å². The predicted octanol–water partition coefficient (Wildman–Crippen LogP) is 2.05.